The molecular formula is C12H13N3O3. The van der Waals surface area contributed by atoms with Crippen LogP contribution in [-0.4, -0.2) is 20.8 Å². The van der Waals surface area contributed by atoms with Crippen LogP contribution in [-0.2, 0) is 0 Å². The summed E-state index contributed by atoms with van der Waals surface area (Å²) in [5.74, 6) is 0.253. The van der Waals surface area contributed by atoms with E-state index < -0.39 is 4.92 Å². The van der Waals surface area contributed by atoms with Gasteiger partial charge < -0.3 is 4.74 Å². The predicted molar refractivity (Wildman–Crippen MR) is 66.0 cm³/mol. The van der Waals surface area contributed by atoms with Crippen LogP contribution in [0.3, 0.4) is 0 Å². The lowest BCUT2D eigenvalue weighted by Crippen LogP contribution is -2.09. The number of hydrogen-bond acceptors (Lipinski definition) is 4. The summed E-state index contributed by atoms with van der Waals surface area (Å²) in [6.07, 6.45) is 3.10. The highest BCUT2D eigenvalue weighted by molar-refractivity contribution is 5.61. The standard InChI is InChI=1S/C12H13N3O3/c1-9(2)18-11-6-3-5-10(12(11)15(16)17)14-8-4-7-13-14/h3-9H,1-2H3. The molecule has 6 heteroatoms. The Kier molecular flexibility index (Phi) is 3.27. The molecule has 0 saturated carbocycles. The summed E-state index contributed by atoms with van der Waals surface area (Å²) in [4.78, 5) is 10.8. The number of benzene rings is 1. The molecule has 0 aliphatic carbocycles. The highest BCUT2D eigenvalue weighted by atomic mass is 16.6. The fourth-order valence-electron chi connectivity index (χ4n) is 1.64. The van der Waals surface area contributed by atoms with Crippen LogP contribution in [0.1, 0.15) is 13.8 Å². The molecule has 0 N–H and O–H groups in total. The predicted octanol–water partition coefficient (Wildman–Crippen LogP) is 2.57. The summed E-state index contributed by atoms with van der Waals surface area (Å²) < 4.78 is 6.91. The second-order valence-corrected chi connectivity index (χ2v) is 4.00. The maximum atomic E-state index is 11.2. The first-order chi connectivity index (χ1) is 8.59. The maximum Gasteiger partial charge on any atom is 0.336 e. The van der Waals surface area contributed by atoms with Gasteiger partial charge >= 0.3 is 5.69 Å². The molecule has 18 heavy (non-hydrogen) atoms. The number of nitro groups is 1. The highest BCUT2D eigenvalue weighted by Crippen LogP contribution is 2.33. The Morgan fingerprint density at radius 1 is 1.39 bits per heavy atom. The molecule has 2 rings (SSSR count). The summed E-state index contributed by atoms with van der Waals surface area (Å²) in [7, 11) is 0. The first kappa shape index (κ1) is 12.1. The van der Waals surface area contributed by atoms with Crippen LogP contribution in [0.4, 0.5) is 5.69 Å². The summed E-state index contributed by atoms with van der Waals surface area (Å²) in [6, 6.07) is 6.64. The molecule has 6 nitrogen and oxygen atoms in total. The summed E-state index contributed by atoms with van der Waals surface area (Å²) in [5.41, 5.74) is 0.318. The average Bonchev–Trinajstić information content (AvgIpc) is 2.80. The van der Waals surface area contributed by atoms with Gasteiger partial charge in [-0.15, -0.1) is 0 Å². The quantitative estimate of drug-likeness (QED) is 0.615. The first-order valence-electron chi connectivity index (χ1n) is 5.53. The Labute approximate surface area is 104 Å². The van der Waals surface area contributed by atoms with Crippen molar-refractivity contribution in [2.75, 3.05) is 0 Å². The van der Waals surface area contributed by atoms with Crippen molar-refractivity contribution in [2.24, 2.45) is 0 Å². The first-order valence-corrected chi connectivity index (χ1v) is 5.53. The number of nitrogens with zero attached hydrogens (tertiary/aromatic N) is 3. The van der Waals surface area contributed by atoms with Crippen molar-refractivity contribution in [3.63, 3.8) is 0 Å². The smallest absolute Gasteiger partial charge is 0.336 e. The van der Waals surface area contributed by atoms with Crippen LogP contribution < -0.4 is 4.74 Å². The molecule has 94 valence electrons. The van der Waals surface area contributed by atoms with Gasteiger partial charge in [-0.2, -0.15) is 5.10 Å². The average molecular weight is 247 g/mol. The third kappa shape index (κ3) is 2.32. The number of aromatic nitrogens is 2. The normalized spacial score (nSPS) is 10.6. The van der Waals surface area contributed by atoms with Gasteiger partial charge in [-0.3, -0.25) is 10.1 Å². The van der Waals surface area contributed by atoms with E-state index >= 15 is 0 Å². The lowest BCUT2D eigenvalue weighted by atomic mass is 10.2. The van der Waals surface area contributed by atoms with Crippen LogP contribution in [0.2, 0.25) is 0 Å². The topological polar surface area (TPSA) is 70.2 Å². The van der Waals surface area contributed by atoms with Gasteiger partial charge in [-0.25, -0.2) is 4.68 Å². The minimum atomic E-state index is -0.450. The van der Waals surface area contributed by atoms with E-state index in [1.807, 2.05) is 13.8 Å². The van der Waals surface area contributed by atoms with Crippen molar-refractivity contribution >= 4 is 5.69 Å². The van der Waals surface area contributed by atoms with E-state index in [1.54, 1.807) is 36.7 Å². The Bertz CT molecular complexity index is 550. The van der Waals surface area contributed by atoms with Crippen molar-refractivity contribution in [3.05, 3.63) is 46.8 Å². The van der Waals surface area contributed by atoms with Crippen LogP contribution >= 0.6 is 0 Å². The van der Waals surface area contributed by atoms with Crippen molar-refractivity contribution in [2.45, 2.75) is 20.0 Å². The van der Waals surface area contributed by atoms with Gasteiger partial charge in [0.15, 0.2) is 5.75 Å². The molecule has 0 aliphatic rings. The fourth-order valence-corrected chi connectivity index (χ4v) is 1.64. The molecule has 1 heterocycles. The zero-order valence-electron chi connectivity index (χ0n) is 10.1. The van der Waals surface area contributed by atoms with E-state index in [-0.39, 0.29) is 17.5 Å². The summed E-state index contributed by atoms with van der Waals surface area (Å²) >= 11 is 0. The zero-order valence-corrected chi connectivity index (χ0v) is 10.1. The number of ether oxygens (including phenoxy) is 1. The summed E-state index contributed by atoms with van der Waals surface area (Å²) in [5, 5.41) is 15.2. The number of hydrogen-bond donors (Lipinski definition) is 0. The van der Waals surface area contributed by atoms with E-state index in [0.29, 0.717) is 5.69 Å². The number of nitro benzene ring substituents is 1. The monoisotopic (exact) mass is 247 g/mol. The third-order valence-electron chi connectivity index (χ3n) is 2.27. The molecule has 1 aromatic heterocycles. The summed E-state index contributed by atoms with van der Waals surface area (Å²) in [6.45, 7) is 3.65. The van der Waals surface area contributed by atoms with Gasteiger partial charge in [0, 0.05) is 12.4 Å². The highest BCUT2D eigenvalue weighted by Gasteiger charge is 2.23. The van der Waals surface area contributed by atoms with Crippen molar-refractivity contribution in [3.8, 4) is 11.4 Å². The molecule has 0 spiro atoms. The molecule has 0 unspecified atom stereocenters. The van der Waals surface area contributed by atoms with E-state index in [9.17, 15) is 10.1 Å². The molecule has 1 aromatic carbocycles. The molecule has 0 fully saturated rings. The van der Waals surface area contributed by atoms with E-state index in [2.05, 4.69) is 5.10 Å². The van der Waals surface area contributed by atoms with Crippen molar-refractivity contribution < 1.29 is 9.66 Å². The second kappa shape index (κ2) is 4.87. The molecule has 0 aliphatic heterocycles. The molecule has 0 saturated heterocycles. The fraction of sp³-hybridized carbons (Fsp3) is 0.250. The van der Waals surface area contributed by atoms with E-state index in [1.165, 1.54) is 4.68 Å². The molecule has 0 bridgehead atoms. The Morgan fingerprint density at radius 3 is 2.72 bits per heavy atom. The maximum absolute atomic E-state index is 11.2. The van der Waals surface area contributed by atoms with Crippen LogP contribution in [0.15, 0.2) is 36.7 Å². The minimum absolute atomic E-state index is 0.0742. The Balaban J connectivity index is 2.56. The lowest BCUT2D eigenvalue weighted by Gasteiger charge is -2.11. The largest absolute Gasteiger partial charge is 0.484 e. The number of para-hydroxylation sites is 1. The lowest BCUT2D eigenvalue weighted by molar-refractivity contribution is -0.385. The van der Waals surface area contributed by atoms with Gasteiger partial charge in [0.2, 0.25) is 0 Å². The molecule has 0 amide bonds. The molecule has 0 radical (unpaired) electrons. The van der Waals surface area contributed by atoms with Crippen LogP contribution in [0.5, 0.6) is 5.75 Å². The van der Waals surface area contributed by atoms with Crippen LogP contribution in [0.25, 0.3) is 5.69 Å². The minimum Gasteiger partial charge on any atom is -0.484 e. The van der Waals surface area contributed by atoms with Crippen molar-refractivity contribution in [1.82, 2.24) is 9.78 Å². The molecular weight excluding hydrogens is 234 g/mol. The Morgan fingerprint density at radius 2 is 2.17 bits per heavy atom. The second-order valence-electron chi connectivity index (χ2n) is 4.00. The third-order valence-corrected chi connectivity index (χ3v) is 2.27. The molecule has 2 aromatic rings. The van der Waals surface area contributed by atoms with Gasteiger partial charge in [-0.1, -0.05) is 6.07 Å². The van der Waals surface area contributed by atoms with Gasteiger partial charge in [-0.05, 0) is 32.0 Å². The van der Waals surface area contributed by atoms with Crippen LogP contribution in [0, 0.1) is 10.1 Å². The Hall–Kier alpha value is -2.37. The van der Waals surface area contributed by atoms with E-state index in [0.717, 1.165) is 0 Å². The molecule has 0 atom stereocenters. The van der Waals surface area contributed by atoms with Crippen molar-refractivity contribution in [1.29, 1.82) is 0 Å². The van der Waals surface area contributed by atoms with Gasteiger partial charge in [0.1, 0.15) is 5.69 Å². The van der Waals surface area contributed by atoms with E-state index in [4.69, 9.17) is 4.74 Å². The zero-order chi connectivity index (χ0) is 13.1. The SMILES string of the molecule is CC(C)Oc1cccc(-n2cccn2)c1[N+](=O)[O-]. The van der Waals surface area contributed by atoms with Gasteiger partial charge in [0.25, 0.3) is 0 Å². The van der Waals surface area contributed by atoms with Gasteiger partial charge in [0.05, 0.1) is 11.0 Å². The number of rotatable bonds is 4.